The maximum Gasteiger partial charge on any atom is 0.328 e. The maximum absolute atomic E-state index is 10.8. The third-order valence-corrected chi connectivity index (χ3v) is 4.67. The van der Waals surface area contributed by atoms with Gasteiger partial charge in [0.05, 0.1) is 5.69 Å². The molecule has 0 spiro atoms. The maximum atomic E-state index is 10.8. The number of carbonyl (C=O) groups is 1. The molecule has 0 saturated carbocycles. The second-order valence-electron chi connectivity index (χ2n) is 8.29. The van der Waals surface area contributed by atoms with Crippen LogP contribution < -0.4 is 5.32 Å². The summed E-state index contributed by atoms with van der Waals surface area (Å²) in [7, 11) is 0. The van der Waals surface area contributed by atoms with Crippen LogP contribution in [0.3, 0.4) is 0 Å². The van der Waals surface area contributed by atoms with Gasteiger partial charge < -0.3 is 15.5 Å². The normalized spacial score (nSPS) is 12.5. The van der Waals surface area contributed by atoms with Crippen LogP contribution >= 0.6 is 11.3 Å². The molecule has 26 heavy (non-hydrogen) atoms. The molecule has 5 nitrogen and oxygen atoms in total. The summed E-state index contributed by atoms with van der Waals surface area (Å²) < 4.78 is 0. The Morgan fingerprint density at radius 3 is 2.12 bits per heavy atom. The van der Waals surface area contributed by atoms with Gasteiger partial charge in [-0.1, -0.05) is 41.5 Å². The van der Waals surface area contributed by atoms with E-state index in [-0.39, 0.29) is 10.8 Å². The Morgan fingerprint density at radius 2 is 1.65 bits per heavy atom. The van der Waals surface area contributed by atoms with Gasteiger partial charge in [0.1, 0.15) is 5.75 Å². The van der Waals surface area contributed by atoms with Crippen LogP contribution in [0.1, 0.15) is 58.4 Å². The minimum atomic E-state index is -1.00. The third-order valence-electron chi connectivity index (χ3n) is 3.90. The van der Waals surface area contributed by atoms with Gasteiger partial charge in [0.2, 0.25) is 0 Å². The minimum absolute atomic E-state index is 0.208. The van der Waals surface area contributed by atoms with Crippen molar-refractivity contribution < 1.29 is 15.0 Å². The number of aromatic hydroxyl groups is 1. The number of benzene rings is 1. The van der Waals surface area contributed by atoms with Gasteiger partial charge >= 0.3 is 5.97 Å². The zero-order chi connectivity index (χ0) is 19.7. The number of phenols is 1. The fraction of sp³-hybridized carbons (Fsp3) is 0.400. The standard InChI is InChI=1S/C20H26N2O3S/c1-19(2,3)14-9-13(10-15(17(14)25)20(4,5)6)22-18-21-12(11-26-18)7-8-16(23)24/h7-11,25H,1-6H3,(H,21,22)(H,23,24). The van der Waals surface area contributed by atoms with Crippen molar-refractivity contribution in [3.63, 3.8) is 0 Å². The lowest BCUT2D eigenvalue weighted by molar-refractivity contribution is -0.131. The first-order valence-electron chi connectivity index (χ1n) is 8.39. The first-order chi connectivity index (χ1) is 11.9. The first kappa shape index (κ1) is 20.0. The van der Waals surface area contributed by atoms with Gasteiger partial charge in [0, 0.05) is 28.3 Å². The lowest BCUT2D eigenvalue weighted by Crippen LogP contribution is -2.17. The minimum Gasteiger partial charge on any atom is -0.507 e. The fourth-order valence-electron chi connectivity index (χ4n) is 2.55. The Labute approximate surface area is 158 Å². The quantitative estimate of drug-likeness (QED) is 0.501. The molecular formula is C20H26N2O3S. The number of phenolic OH excluding ortho intramolecular Hbond substituents is 1. The van der Waals surface area contributed by atoms with Crippen LogP contribution in [0.15, 0.2) is 23.6 Å². The Kier molecular flexibility index (Phi) is 5.47. The lowest BCUT2D eigenvalue weighted by atomic mass is 9.79. The molecule has 1 aromatic heterocycles. The number of thiazole rings is 1. The number of hydrogen-bond acceptors (Lipinski definition) is 5. The second-order valence-corrected chi connectivity index (χ2v) is 9.15. The molecule has 0 atom stereocenters. The summed E-state index contributed by atoms with van der Waals surface area (Å²) in [4.78, 5) is 15.0. The number of aromatic nitrogens is 1. The number of rotatable bonds is 4. The number of anilines is 2. The van der Waals surface area contributed by atoms with Gasteiger partial charge in [0.25, 0.3) is 0 Å². The van der Waals surface area contributed by atoms with E-state index in [1.807, 2.05) is 12.1 Å². The van der Waals surface area contributed by atoms with Crippen LogP contribution in [0, 0.1) is 0 Å². The average Bonchev–Trinajstić information content (AvgIpc) is 2.92. The summed E-state index contributed by atoms with van der Waals surface area (Å²) in [6.07, 6.45) is 2.52. The summed E-state index contributed by atoms with van der Waals surface area (Å²) in [6, 6.07) is 3.89. The molecule has 3 N–H and O–H groups in total. The molecule has 1 heterocycles. The topological polar surface area (TPSA) is 82.5 Å². The molecule has 2 rings (SSSR count). The molecule has 140 valence electrons. The van der Waals surface area contributed by atoms with Crippen molar-refractivity contribution in [3.05, 3.63) is 40.4 Å². The largest absolute Gasteiger partial charge is 0.507 e. The van der Waals surface area contributed by atoms with E-state index in [1.54, 1.807) is 5.38 Å². The molecule has 0 unspecified atom stereocenters. The van der Waals surface area contributed by atoms with Crippen molar-refractivity contribution in [1.82, 2.24) is 4.98 Å². The van der Waals surface area contributed by atoms with E-state index >= 15 is 0 Å². The van der Waals surface area contributed by atoms with Gasteiger partial charge in [-0.3, -0.25) is 0 Å². The number of aliphatic carboxylic acids is 1. The van der Waals surface area contributed by atoms with E-state index in [2.05, 4.69) is 51.8 Å². The van der Waals surface area contributed by atoms with Gasteiger partial charge in [0.15, 0.2) is 5.13 Å². The molecule has 0 radical (unpaired) electrons. The van der Waals surface area contributed by atoms with E-state index in [4.69, 9.17) is 5.11 Å². The van der Waals surface area contributed by atoms with E-state index in [9.17, 15) is 9.90 Å². The van der Waals surface area contributed by atoms with Crippen LogP contribution in [0.25, 0.3) is 6.08 Å². The van der Waals surface area contributed by atoms with Crippen LogP contribution in [0.2, 0.25) is 0 Å². The molecular weight excluding hydrogens is 348 g/mol. The molecule has 0 amide bonds. The third kappa shape index (κ3) is 4.85. The highest BCUT2D eigenvalue weighted by atomic mass is 32.1. The average molecular weight is 375 g/mol. The van der Waals surface area contributed by atoms with Crippen LogP contribution in [-0.4, -0.2) is 21.2 Å². The Morgan fingerprint density at radius 1 is 1.12 bits per heavy atom. The van der Waals surface area contributed by atoms with Crippen LogP contribution in [-0.2, 0) is 15.6 Å². The van der Waals surface area contributed by atoms with Crippen molar-refractivity contribution in [2.75, 3.05) is 5.32 Å². The van der Waals surface area contributed by atoms with E-state index in [1.165, 1.54) is 17.4 Å². The Bertz CT molecular complexity index is 804. The highest BCUT2D eigenvalue weighted by molar-refractivity contribution is 7.13. The SMILES string of the molecule is CC(C)(C)c1cc(Nc2nc(C=CC(=O)O)cs2)cc(C(C)(C)C)c1O. The van der Waals surface area contributed by atoms with Crippen LogP contribution in [0.4, 0.5) is 10.8 Å². The summed E-state index contributed by atoms with van der Waals surface area (Å²) in [6.45, 7) is 12.4. The van der Waals surface area contributed by atoms with E-state index in [0.717, 1.165) is 22.9 Å². The van der Waals surface area contributed by atoms with Gasteiger partial charge in [-0.2, -0.15) is 0 Å². The Balaban J connectivity index is 2.42. The van der Waals surface area contributed by atoms with Crippen molar-refractivity contribution in [3.8, 4) is 5.75 Å². The Hall–Kier alpha value is -2.34. The van der Waals surface area contributed by atoms with Crippen molar-refractivity contribution in [1.29, 1.82) is 0 Å². The van der Waals surface area contributed by atoms with Crippen molar-refractivity contribution in [2.45, 2.75) is 52.4 Å². The van der Waals surface area contributed by atoms with Crippen molar-refractivity contribution >= 4 is 34.2 Å². The number of carboxylic acids is 1. The summed E-state index contributed by atoms with van der Waals surface area (Å²) >= 11 is 1.40. The fourth-order valence-corrected chi connectivity index (χ4v) is 3.25. The zero-order valence-corrected chi connectivity index (χ0v) is 16.9. The van der Waals surface area contributed by atoms with Gasteiger partial charge in [-0.25, -0.2) is 9.78 Å². The molecule has 6 heteroatoms. The lowest BCUT2D eigenvalue weighted by Gasteiger charge is -2.28. The summed E-state index contributed by atoms with van der Waals surface area (Å²) in [5.74, 6) is -0.671. The molecule has 0 aliphatic heterocycles. The number of hydrogen-bond donors (Lipinski definition) is 3. The molecule has 2 aromatic rings. The predicted octanol–water partition coefficient (Wildman–Crippen LogP) is 5.29. The van der Waals surface area contributed by atoms with E-state index < -0.39 is 5.97 Å². The van der Waals surface area contributed by atoms with Crippen LogP contribution in [0.5, 0.6) is 5.75 Å². The highest BCUT2D eigenvalue weighted by Gasteiger charge is 2.26. The molecule has 0 bridgehead atoms. The summed E-state index contributed by atoms with van der Waals surface area (Å²) in [5, 5.41) is 25.2. The van der Waals surface area contributed by atoms with E-state index in [0.29, 0.717) is 16.6 Å². The predicted molar refractivity (Wildman–Crippen MR) is 108 cm³/mol. The first-order valence-corrected chi connectivity index (χ1v) is 9.27. The highest BCUT2D eigenvalue weighted by Crippen LogP contribution is 2.41. The molecule has 0 saturated heterocycles. The molecule has 0 aliphatic rings. The van der Waals surface area contributed by atoms with Crippen molar-refractivity contribution in [2.24, 2.45) is 0 Å². The number of carboxylic acid groups (broad SMARTS) is 1. The van der Waals surface area contributed by atoms with Gasteiger partial charge in [-0.15, -0.1) is 11.3 Å². The smallest absolute Gasteiger partial charge is 0.328 e. The number of nitrogens with zero attached hydrogens (tertiary/aromatic N) is 1. The number of nitrogens with one attached hydrogen (secondary N) is 1. The zero-order valence-electron chi connectivity index (χ0n) is 16.0. The second kappa shape index (κ2) is 7.11. The molecule has 0 aliphatic carbocycles. The van der Waals surface area contributed by atoms with Gasteiger partial charge in [-0.05, 0) is 29.0 Å². The summed E-state index contributed by atoms with van der Waals surface area (Å²) in [5.41, 5.74) is 2.76. The molecule has 1 aromatic carbocycles. The monoisotopic (exact) mass is 374 g/mol. The molecule has 0 fully saturated rings.